The molecule has 0 unspecified atom stereocenters. The van der Waals surface area contributed by atoms with E-state index in [-0.39, 0.29) is 24.4 Å². The summed E-state index contributed by atoms with van der Waals surface area (Å²) in [7, 11) is -3.85. The number of thiophene rings is 1. The van der Waals surface area contributed by atoms with Crippen LogP contribution < -0.4 is 10.5 Å². The molecule has 2 atom stereocenters. The van der Waals surface area contributed by atoms with Crippen LogP contribution in [0.1, 0.15) is 30.6 Å². The van der Waals surface area contributed by atoms with Gasteiger partial charge in [-0.25, -0.2) is 13.2 Å². The van der Waals surface area contributed by atoms with E-state index in [9.17, 15) is 22.8 Å². The van der Waals surface area contributed by atoms with Gasteiger partial charge < -0.3 is 20.4 Å². The largest absolute Gasteiger partial charge is 0.351 e. The maximum atomic E-state index is 13.2. The van der Waals surface area contributed by atoms with Crippen LogP contribution in [0, 0.1) is 0 Å². The van der Waals surface area contributed by atoms with E-state index < -0.39 is 22.1 Å². The van der Waals surface area contributed by atoms with Crippen LogP contribution in [-0.4, -0.2) is 110 Å². The number of amides is 4. The van der Waals surface area contributed by atoms with Crippen molar-refractivity contribution in [3.63, 3.8) is 0 Å². The number of hydrogen-bond donors (Lipinski definition) is 2. The second-order valence-corrected chi connectivity index (χ2v) is 12.9. The molecule has 0 spiro atoms. The highest BCUT2D eigenvalue weighted by Gasteiger charge is 2.36. The van der Waals surface area contributed by atoms with Crippen molar-refractivity contribution in [2.75, 3.05) is 52.4 Å². The van der Waals surface area contributed by atoms with Gasteiger partial charge in [-0.2, -0.15) is 4.72 Å². The first-order valence-corrected chi connectivity index (χ1v) is 15.2. The number of nitrogens with zero attached hydrogens (tertiary/aromatic N) is 4. The lowest BCUT2D eigenvalue weighted by Gasteiger charge is -2.37. The fraction of sp³-hybridized carbons (Fsp3) is 0.609. The third-order valence-corrected chi connectivity index (χ3v) is 9.32. The molecule has 4 heterocycles. The van der Waals surface area contributed by atoms with E-state index in [1.54, 1.807) is 17.0 Å². The summed E-state index contributed by atoms with van der Waals surface area (Å²) in [5.74, 6) is -0.501. The monoisotopic (exact) mass is 572 g/mol. The van der Waals surface area contributed by atoms with Crippen LogP contribution in [0.3, 0.4) is 0 Å². The van der Waals surface area contributed by atoms with E-state index in [2.05, 4.69) is 9.62 Å². The van der Waals surface area contributed by atoms with E-state index in [0.29, 0.717) is 61.3 Å². The van der Waals surface area contributed by atoms with Crippen molar-refractivity contribution in [2.45, 2.75) is 37.8 Å². The van der Waals surface area contributed by atoms with Crippen LogP contribution in [0.15, 0.2) is 17.5 Å². The number of nitrogens with two attached hydrogens (primary N) is 1. The summed E-state index contributed by atoms with van der Waals surface area (Å²) in [6.07, 6.45) is 4.21. The first-order valence-electron chi connectivity index (χ1n) is 12.4. The topological polar surface area (TPSA) is 136 Å². The van der Waals surface area contributed by atoms with Crippen LogP contribution >= 0.6 is 22.9 Å². The van der Waals surface area contributed by atoms with E-state index in [4.69, 9.17) is 17.3 Å². The van der Waals surface area contributed by atoms with Gasteiger partial charge in [0.2, 0.25) is 21.8 Å². The Morgan fingerprint density at radius 3 is 2.51 bits per heavy atom. The minimum atomic E-state index is -3.85. The van der Waals surface area contributed by atoms with Gasteiger partial charge in [0.25, 0.3) is 0 Å². The van der Waals surface area contributed by atoms with Gasteiger partial charge in [-0.05, 0) is 43.9 Å². The third kappa shape index (κ3) is 7.44. The molecular weight excluding hydrogens is 540 g/mol. The smallest absolute Gasteiger partial charge is 0.314 e. The average molecular weight is 573 g/mol. The molecule has 0 aromatic carbocycles. The lowest BCUT2D eigenvalue weighted by molar-refractivity contribution is -0.143. The van der Waals surface area contributed by atoms with Crippen molar-refractivity contribution >= 4 is 56.9 Å². The van der Waals surface area contributed by atoms with Gasteiger partial charge in [0.1, 0.15) is 6.04 Å². The molecule has 3 aliphatic heterocycles. The fourth-order valence-corrected chi connectivity index (χ4v) is 7.14. The third-order valence-electron chi connectivity index (χ3n) is 7.02. The molecule has 0 bridgehead atoms. The number of rotatable bonds is 8. The lowest BCUT2D eigenvalue weighted by atomic mass is 10.1. The summed E-state index contributed by atoms with van der Waals surface area (Å²) in [5, 5.41) is 1.03. The number of halogens is 1. The highest BCUT2D eigenvalue weighted by atomic mass is 35.5. The molecular formula is C23H33ClN6O5S2. The van der Waals surface area contributed by atoms with Crippen LogP contribution in [0.2, 0.25) is 4.34 Å². The van der Waals surface area contributed by atoms with Crippen molar-refractivity contribution in [1.29, 1.82) is 0 Å². The Kier molecular flexibility index (Phi) is 9.11. The van der Waals surface area contributed by atoms with Gasteiger partial charge in [0.05, 0.1) is 10.9 Å². The first-order chi connectivity index (χ1) is 17.6. The zero-order chi connectivity index (χ0) is 26.6. The van der Waals surface area contributed by atoms with Crippen LogP contribution in [0.5, 0.6) is 0 Å². The molecule has 3 saturated heterocycles. The predicted octanol–water partition coefficient (Wildman–Crippen LogP) is 0.970. The number of likely N-dealkylation sites (tertiary alicyclic amines) is 2. The van der Waals surface area contributed by atoms with Crippen molar-refractivity contribution in [2.24, 2.45) is 5.73 Å². The predicted molar refractivity (Wildman–Crippen MR) is 142 cm³/mol. The van der Waals surface area contributed by atoms with Gasteiger partial charge in [0, 0.05) is 62.1 Å². The van der Waals surface area contributed by atoms with Crippen molar-refractivity contribution in [3.05, 3.63) is 26.8 Å². The van der Waals surface area contributed by atoms with Crippen LogP contribution in [-0.2, 0) is 19.6 Å². The number of nitrogens with one attached hydrogen (secondary N) is 1. The highest BCUT2D eigenvalue weighted by molar-refractivity contribution is 7.92. The quantitative estimate of drug-likeness (QED) is 0.476. The van der Waals surface area contributed by atoms with E-state index in [1.807, 2.05) is 4.90 Å². The van der Waals surface area contributed by atoms with Gasteiger partial charge in [-0.15, -0.1) is 11.3 Å². The highest BCUT2D eigenvalue weighted by Crippen LogP contribution is 2.23. The molecule has 0 aliphatic carbocycles. The summed E-state index contributed by atoms with van der Waals surface area (Å²) in [4.78, 5) is 45.4. The maximum absolute atomic E-state index is 13.2. The second kappa shape index (κ2) is 12.1. The van der Waals surface area contributed by atoms with Crippen LogP contribution in [0.25, 0.3) is 6.08 Å². The molecule has 1 aromatic heterocycles. The van der Waals surface area contributed by atoms with Crippen molar-refractivity contribution in [1.82, 2.24) is 24.3 Å². The Hall–Kier alpha value is -2.19. The molecule has 4 amide bonds. The Balaban J connectivity index is 1.30. The molecule has 4 rings (SSSR count). The van der Waals surface area contributed by atoms with E-state index in [1.165, 1.54) is 22.3 Å². The molecule has 0 radical (unpaired) electrons. The Morgan fingerprint density at radius 1 is 1.11 bits per heavy atom. The van der Waals surface area contributed by atoms with Crippen molar-refractivity contribution < 1.29 is 22.8 Å². The van der Waals surface area contributed by atoms with Gasteiger partial charge in [0.15, 0.2) is 0 Å². The number of urea groups is 1. The average Bonchev–Trinajstić information content (AvgIpc) is 3.49. The normalized spacial score (nSPS) is 23.8. The lowest BCUT2D eigenvalue weighted by Crippen LogP contribution is -2.56. The summed E-state index contributed by atoms with van der Waals surface area (Å²) < 4.78 is 28.1. The second-order valence-electron chi connectivity index (χ2n) is 9.57. The molecule has 204 valence electrons. The molecule has 3 fully saturated rings. The number of primary amides is 1. The molecule has 3 aliphatic rings. The SMILES string of the molecule is NC(=O)N1CCN(C[C@@H]2CCCN2C(=O)CN2CCC[C@H](NS(=O)(=O)C=Cc3ccc(Cl)s3)C2=O)CC1. The summed E-state index contributed by atoms with van der Waals surface area (Å²) in [6.45, 7) is 4.28. The molecule has 37 heavy (non-hydrogen) atoms. The summed E-state index contributed by atoms with van der Waals surface area (Å²) >= 11 is 7.13. The standard InChI is InChI=1S/C23H33ClN6O5S2/c24-20-6-5-18(36-20)7-14-37(34,35)26-19-4-2-8-29(22(19)32)16-21(31)30-9-1-3-17(30)15-27-10-12-28(13-11-27)23(25)33/h5-7,14,17,19,26H,1-4,8-13,15-16H2,(H2,25,33)/t17-,19-/m0/s1. The zero-order valence-corrected chi connectivity index (χ0v) is 22.9. The molecule has 0 saturated carbocycles. The number of piperazine rings is 1. The van der Waals surface area contributed by atoms with Crippen molar-refractivity contribution in [3.8, 4) is 0 Å². The molecule has 14 heteroatoms. The minimum absolute atomic E-state index is 0.0534. The first kappa shape index (κ1) is 27.8. The number of carbonyl (C=O) groups is 3. The van der Waals surface area contributed by atoms with Gasteiger partial charge >= 0.3 is 6.03 Å². The Morgan fingerprint density at radius 2 is 1.84 bits per heavy atom. The number of sulfonamides is 1. The minimum Gasteiger partial charge on any atom is -0.351 e. The van der Waals surface area contributed by atoms with Gasteiger partial charge in [-0.1, -0.05) is 11.6 Å². The summed E-state index contributed by atoms with van der Waals surface area (Å²) in [5.41, 5.74) is 5.36. The Labute approximate surface area is 226 Å². The Bertz CT molecular complexity index is 1130. The molecule has 11 nitrogen and oxygen atoms in total. The number of piperidine rings is 1. The molecule has 3 N–H and O–H groups in total. The molecule has 1 aromatic rings. The maximum Gasteiger partial charge on any atom is 0.314 e. The zero-order valence-electron chi connectivity index (χ0n) is 20.6. The van der Waals surface area contributed by atoms with E-state index >= 15 is 0 Å². The van der Waals surface area contributed by atoms with E-state index in [0.717, 1.165) is 24.8 Å². The van der Waals surface area contributed by atoms with Gasteiger partial charge in [-0.3, -0.25) is 14.5 Å². The van der Waals surface area contributed by atoms with Crippen LogP contribution in [0.4, 0.5) is 4.79 Å². The summed E-state index contributed by atoms with van der Waals surface area (Å²) in [6, 6.07) is 2.13. The fourth-order valence-electron chi connectivity index (χ4n) is 5.08. The number of carbonyl (C=O) groups excluding carboxylic acids is 3. The number of hydrogen-bond acceptors (Lipinski definition) is 7.